The van der Waals surface area contributed by atoms with Crippen molar-refractivity contribution in [3.05, 3.63) is 101 Å². The fourth-order valence-corrected chi connectivity index (χ4v) is 4.15. The van der Waals surface area contributed by atoms with Crippen LogP contribution in [0.25, 0.3) is 11.0 Å². The fourth-order valence-electron chi connectivity index (χ4n) is 4.15. The monoisotopic (exact) mass is 429 g/mol. The van der Waals surface area contributed by atoms with E-state index in [1.165, 1.54) is 22.3 Å². The summed E-state index contributed by atoms with van der Waals surface area (Å²) in [5, 5.41) is 10.4. The number of aliphatic hydroxyl groups is 1. The van der Waals surface area contributed by atoms with Crippen molar-refractivity contribution in [2.45, 2.75) is 32.9 Å². The van der Waals surface area contributed by atoms with Crippen LogP contribution in [0.1, 0.15) is 28.3 Å². The van der Waals surface area contributed by atoms with E-state index in [1.54, 1.807) is 7.11 Å². The zero-order chi connectivity index (χ0) is 22.5. The number of aromatic nitrogens is 2. The number of ether oxygens (including phenoxy) is 1. The zero-order valence-electron chi connectivity index (χ0n) is 19.0. The second kappa shape index (κ2) is 9.98. The minimum Gasteiger partial charge on any atom is -0.394 e. The van der Waals surface area contributed by atoms with Gasteiger partial charge in [0.05, 0.1) is 30.2 Å². The van der Waals surface area contributed by atoms with Crippen LogP contribution >= 0.6 is 0 Å². The quantitative estimate of drug-likeness (QED) is 0.452. The van der Waals surface area contributed by atoms with E-state index >= 15 is 0 Å². The SMILES string of the molecule is COCN=c1n(Cc2ccc(C)cc2)c2ccccc2n1[C@H](CO)Cc1ccc(C)cc1. The molecular weight excluding hydrogens is 398 g/mol. The van der Waals surface area contributed by atoms with Gasteiger partial charge in [-0.3, -0.25) is 0 Å². The van der Waals surface area contributed by atoms with Crippen LogP contribution in [-0.4, -0.2) is 34.7 Å². The molecule has 166 valence electrons. The van der Waals surface area contributed by atoms with E-state index in [4.69, 9.17) is 9.73 Å². The number of aryl methyl sites for hydroxylation is 2. The summed E-state index contributed by atoms with van der Waals surface area (Å²) in [5.41, 5.74) is 7.81. The smallest absolute Gasteiger partial charge is 0.208 e. The van der Waals surface area contributed by atoms with Crippen LogP contribution < -0.4 is 5.62 Å². The van der Waals surface area contributed by atoms with E-state index in [1.807, 2.05) is 12.1 Å². The van der Waals surface area contributed by atoms with Gasteiger partial charge in [-0.15, -0.1) is 0 Å². The number of methoxy groups -OCH3 is 1. The van der Waals surface area contributed by atoms with Crippen LogP contribution in [0.2, 0.25) is 0 Å². The number of hydrogen-bond acceptors (Lipinski definition) is 3. The van der Waals surface area contributed by atoms with Crippen molar-refractivity contribution in [1.82, 2.24) is 9.13 Å². The first-order valence-electron chi connectivity index (χ1n) is 11.0. The van der Waals surface area contributed by atoms with Crippen molar-refractivity contribution >= 4 is 11.0 Å². The van der Waals surface area contributed by atoms with Gasteiger partial charge in [-0.1, -0.05) is 71.8 Å². The lowest BCUT2D eigenvalue weighted by molar-refractivity contribution is 0.199. The van der Waals surface area contributed by atoms with Gasteiger partial charge < -0.3 is 19.0 Å². The third-order valence-corrected chi connectivity index (χ3v) is 5.85. The van der Waals surface area contributed by atoms with Gasteiger partial charge in [-0.05, 0) is 43.5 Å². The Labute approximate surface area is 189 Å². The number of para-hydroxylation sites is 2. The topological polar surface area (TPSA) is 51.7 Å². The summed E-state index contributed by atoms with van der Waals surface area (Å²) in [4.78, 5) is 4.79. The summed E-state index contributed by atoms with van der Waals surface area (Å²) in [6.45, 7) is 5.15. The Morgan fingerprint density at radius 1 is 0.844 bits per heavy atom. The lowest BCUT2D eigenvalue weighted by Crippen LogP contribution is -2.32. The van der Waals surface area contributed by atoms with Crippen LogP contribution in [0.3, 0.4) is 0 Å². The molecule has 0 aliphatic heterocycles. The van der Waals surface area contributed by atoms with E-state index in [-0.39, 0.29) is 19.4 Å². The molecule has 1 heterocycles. The zero-order valence-corrected chi connectivity index (χ0v) is 19.0. The fraction of sp³-hybridized carbons (Fsp3) is 0.296. The van der Waals surface area contributed by atoms with E-state index < -0.39 is 0 Å². The van der Waals surface area contributed by atoms with Crippen molar-refractivity contribution < 1.29 is 9.84 Å². The highest BCUT2D eigenvalue weighted by Crippen LogP contribution is 2.22. The molecule has 0 fully saturated rings. The van der Waals surface area contributed by atoms with E-state index in [0.717, 1.165) is 23.1 Å². The summed E-state index contributed by atoms with van der Waals surface area (Å²) in [7, 11) is 1.65. The highest BCUT2D eigenvalue weighted by Gasteiger charge is 2.19. The van der Waals surface area contributed by atoms with E-state index in [0.29, 0.717) is 6.54 Å². The Morgan fingerprint density at radius 3 is 2.03 bits per heavy atom. The molecule has 3 aromatic carbocycles. The average Bonchev–Trinajstić information content (AvgIpc) is 3.12. The molecule has 0 amide bonds. The Bertz CT molecular complexity index is 1230. The summed E-state index contributed by atoms with van der Waals surface area (Å²) < 4.78 is 9.69. The minimum absolute atomic E-state index is 0.0204. The van der Waals surface area contributed by atoms with Crippen molar-refractivity contribution in [3.63, 3.8) is 0 Å². The largest absolute Gasteiger partial charge is 0.394 e. The number of benzene rings is 3. The molecule has 1 atom stereocenters. The lowest BCUT2D eigenvalue weighted by Gasteiger charge is -2.18. The van der Waals surface area contributed by atoms with Crippen LogP contribution in [-0.2, 0) is 17.7 Å². The predicted molar refractivity (Wildman–Crippen MR) is 129 cm³/mol. The van der Waals surface area contributed by atoms with Crippen molar-refractivity contribution in [2.75, 3.05) is 20.4 Å². The number of imidazole rings is 1. The maximum absolute atomic E-state index is 10.4. The van der Waals surface area contributed by atoms with Crippen LogP contribution in [0.4, 0.5) is 0 Å². The molecule has 0 unspecified atom stereocenters. The number of nitrogens with zero attached hydrogens (tertiary/aromatic N) is 3. The van der Waals surface area contributed by atoms with Gasteiger partial charge in [0.15, 0.2) is 0 Å². The van der Waals surface area contributed by atoms with Gasteiger partial charge in [-0.2, -0.15) is 0 Å². The number of rotatable bonds is 8. The average molecular weight is 430 g/mol. The summed E-state index contributed by atoms with van der Waals surface area (Å²) in [6, 6.07) is 25.2. The van der Waals surface area contributed by atoms with Crippen molar-refractivity contribution in [2.24, 2.45) is 4.99 Å². The predicted octanol–water partition coefficient (Wildman–Crippen LogP) is 4.39. The molecule has 1 aromatic heterocycles. The molecule has 0 saturated carbocycles. The maximum atomic E-state index is 10.4. The molecule has 0 saturated heterocycles. The standard InChI is InChI=1S/C27H31N3O2/c1-20-8-12-22(13-9-20)16-24(18-31)30-26-7-5-4-6-25(26)29(27(30)28-19-32-3)17-23-14-10-21(2)11-15-23/h4-15,24,31H,16-19H2,1-3H3/t24-/m0/s1. The van der Waals surface area contributed by atoms with Crippen molar-refractivity contribution in [1.29, 1.82) is 0 Å². The van der Waals surface area contributed by atoms with Gasteiger partial charge in [0.25, 0.3) is 0 Å². The molecule has 1 N–H and O–H groups in total. The molecule has 0 radical (unpaired) electrons. The van der Waals surface area contributed by atoms with Gasteiger partial charge in [-0.25, -0.2) is 4.99 Å². The molecule has 5 heteroatoms. The second-order valence-corrected chi connectivity index (χ2v) is 8.33. The first-order valence-corrected chi connectivity index (χ1v) is 11.0. The Morgan fingerprint density at radius 2 is 1.44 bits per heavy atom. The number of aliphatic hydroxyl groups excluding tert-OH is 1. The third-order valence-electron chi connectivity index (χ3n) is 5.85. The van der Waals surface area contributed by atoms with E-state index in [2.05, 4.69) is 83.6 Å². The molecule has 0 aliphatic rings. The molecule has 4 rings (SSSR count). The highest BCUT2D eigenvalue weighted by molar-refractivity contribution is 5.76. The van der Waals surface area contributed by atoms with Crippen LogP contribution in [0.5, 0.6) is 0 Å². The highest BCUT2D eigenvalue weighted by atomic mass is 16.5. The number of fused-ring (bicyclic) bond motifs is 1. The molecule has 0 spiro atoms. The summed E-state index contributed by atoms with van der Waals surface area (Å²) >= 11 is 0. The van der Waals surface area contributed by atoms with Crippen molar-refractivity contribution in [3.8, 4) is 0 Å². The maximum Gasteiger partial charge on any atom is 0.208 e. The Hall–Kier alpha value is -3.15. The number of hydrogen-bond donors (Lipinski definition) is 1. The van der Waals surface area contributed by atoms with Gasteiger partial charge in [0.2, 0.25) is 5.62 Å². The summed E-state index contributed by atoms with van der Waals surface area (Å²) in [5.74, 6) is 0. The first kappa shape index (κ1) is 22.1. The van der Waals surface area contributed by atoms with Crippen LogP contribution in [0.15, 0.2) is 77.8 Å². The van der Waals surface area contributed by atoms with Gasteiger partial charge in [0, 0.05) is 7.11 Å². The lowest BCUT2D eigenvalue weighted by atomic mass is 10.0. The second-order valence-electron chi connectivity index (χ2n) is 8.33. The molecule has 5 nitrogen and oxygen atoms in total. The van der Waals surface area contributed by atoms with E-state index in [9.17, 15) is 5.11 Å². The Kier molecular flexibility index (Phi) is 6.88. The molecular formula is C27H31N3O2. The van der Waals surface area contributed by atoms with Gasteiger partial charge in [0.1, 0.15) is 6.73 Å². The summed E-state index contributed by atoms with van der Waals surface area (Å²) in [6.07, 6.45) is 0.718. The molecule has 0 aliphatic carbocycles. The third kappa shape index (κ3) is 4.69. The van der Waals surface area contributed by atoms with Gasteiger partial charge >= 0.3 is 0 Å². The Balaban J connectivity index is 1.86. The minimum atomic E-state index is -0.141. The molecule has 0 bridgehead atoms. The normalized spacial score (nSPS) is 13.1. The first-order chi connectivity index (χ1) is 15.6. The molecule has 4 aromatic rings. The van der Waals surface area contributed by atoms with Crippen LogP contribution in [0, 0.1) is 13.8 Å². The molecule has 32 heavy (non-hydrogen) atoms.